The van der Waals surface area contributed by atoms with Crippen molar-refractivity contribution in [2.45, 2.75) is 33.0 Å². The Kier molecular flexibility index (Phi) is 5.37. The molecule has 0 radical (unpaired) electrons. The van der Waals surface area contributed by atoms with Gasteiger partial charge < -0.3 is 5.32 Å². The van der Waals surface area contributed by atoms with Crippen LogP contribution in [0.3, 0.4) is 0 Å². The highest BCUT2D eigenvalue weighted by atomic mass is 35.5. The summed E-state index contributed by atoms with van der Waals surface area (Å²) in [6, 6.07) is 4.47. The predicted octanol–water partition coefficient (Wildman–Crippen LogP) is 1.91. The van der Waals surface area contributed by atoms with E-state index in [1.54, 1.807) is 0 Å². The Hall–Kier alpha value is -1.33. The molecule has 2 heterocycles. The molecule has 0 aliphatic rings. The summed E-state index contributed by atoms with van der Waals surface area (Å²) >= 11 is 0. The van der Waals surface area contributed by atoms with E-state index in [1.165, 1.54) is 5.69 Å². The van der Waals surface area contributed by atoms with Gasteiger partial charge in [0, 0.05) is 38.6 Å². The average molecular weight is 270 g/mol. The molecule has 0 unspecified atom stereocenters. The largest absolute Gasteiger partial charge is 0.305 e. The van der Waals surface area contributed by atoms with Crippen LogP contribution in [0.25, 0.3) is 0 Å². The minimum absolute atomic E-state index is 0. The Balaban J connectivity index is 0.00000162. The second kappa shape index (κ2) is 6.56. The molecule has 0 fully saturated rings. The Morgan fingerprint density at radius 1 is 1.28 bits per heavy atom. The maximum atomic E-state index is 4.32. The molecule has 0 aliphatic heterocycles. The van der Waals surface area contributed by atoms with Crippen LogP contribution in [-0.4, -0.2) is 19.6 Å². The molecule has 6 heteroatoms. The highest BCUT2D eigenvalue weighted by molar-refractivity contribution is 5.85. The lowest BCUT2D eigenvalue weighted by Crippen LogP contribution is -2.17. The Labute approximate surface area is 114 Å². The fourth-order valence-corrected chi connectivity index (χ4v) is 1.82. The highest BCUT2D eigenvalue weighted by Gasteiger charge is 2.05. The molecule has 0 aromatic carbocycles. The summed E-state index contributed by atoms with van der Waals surface area (Å²) in [5.74, 6) is 0. The molecule has 0 saturated heterocycles. The fraction of sp³-hybridized carbons (Fsp3) is 0.500. The minimum Gasteiger partial charge on any atom is -0.305 e. The maximum Gasteiger partial charge on any atom is 0.0762 e. The second-order valence-corrected chi connectivity index (χ2v) is 4.45. The van der Waals surface area contributed by atoms with Gasteiger partial charge in [0.1, 0.15) is 0 Å². The molecule has 2 aromatic heterocycles. The molecule has 0 aliphatic carbocycles. The van der Waals surface area contributed by atoms with E-state index >= 15 is 0 Å². The second-order valence-electron chi connectivity index (χ2n) is 4.45. The number of rotatable bonds is 5. The maximum absolute atomic E-state index is 4.32. The van der Waals surface area contributed by atoms with E-state index in [9.17, 15) is 0 Å². The molecule has 1 N–H and O–H groups in total. The lowest BCUT2D eigenvalue weighted by molar-refractivity contribution is 0.494. The molecular formula is C12H20ClN5. The number of nitrogens with zero attached hydrogens (tertiary/aromatic N) is 4. The van der Waals surface area contributed by atoms with Crippen molar-refractivity contribution < 1.29 is 0 Å². The third-order valence-electron chi connectivity index (χ3n) is 2.62. The van der Waals surface area contributed by atoms with Gasteiger partial charge in [-0.2, -0.15) is 10.2 Å². The van der Waals surface area contributed by atoms with Gasteiger partial charge in [-0.25, -0.2) is 0 Å². The first-order chi connectivity index (χ1) is 8.16. The first-order valence-corrected chi connectivity index (χ1v) is 5.88. The lowest BCUT2D eigenvalue weighted by Gasteiger charge is -2.11. The SMILES string of the molecule is CC(C)n1nccc1CNCc1ccn(C)n1.Cl. The Bertz CT molecular complexity index is 474. The molecule has 2 aromatic rings. The zero-order valence-electron chi connectivity index (χ0n) is 11.0. The fourth-order valence-electron chi connectivity index (χ4n) is 1.82. The molecule has 2 rings (SSSR count). The molecule has 18 heavy (non-hydrogen) atoms. The quantitative estimate of drug-likeness (QED) is 0.902. The number of halogens is 1. The normalized spacial score (nSPS) is 10.7. The van der Waals surface area contributed by atoms with Crippen LogP contribution in [0.2, 0.25) is 0 Å². The van der Waals surface area contributed by atoms with Crippen molar-refractivity contribution in [2.24, 2.45) is 7.05 Å². The van der Waals surface area contributed by atoms with Crippen LogP contribution in [0.15, 0.2) is 24.5 Å². The smallest absolute Gasteiger partial charge is 0.0762 e. The lowest BCUT2D eigenvalue weighted by atomic mass is 10.3. The van der Waals surface area contributed by atoms with Crippen molar-refractivity contribution in [3.63, 3.8) is 0 Å². The summed E-state index contributed by atoms with van der Waals surface area (Å²) < 4.78 is 3.85. The van der Waals surface area contributed by atoms with Crippen LogP contribution in [0.5, 0.6) is 0 Å². The van der Waals surface area contributed by atoms with Crippen LogP contribution >= 0.6 is 12.4 Å². The van der Waals surface area contributed by atoms with Crippen molar-refractivity contribution in [2.75, 3.05) is 0 Å². The average Bonchev–Trinajstić information content (AvgIpc) is 2.87. The van der Waals surface area contributed by atoms with E-state index in [2.05, 4.69) is 29.4 Å². The van der Waals surface area contributed by atoms with Crippen LogP contribution in [-0.2, 0) is 20.1 Å². The highest BCUT2D eigenvalue weighted by Crippen LogP contribution is 2.07. The molecule has 5 nitrogen and oxygen atoms in total. The zero-order valence-corrected chi connectivity index (χ0v) is 11.8. The third-order valence-corrected chi connectivity index (χ3v) is 2.62. The Morgan fingerprint density at radius 2 is 2.06 bits per heavy atom. The molecule has 0 atom stereocenters. The van der Waals surface area contributed by atoms with Gasteiger partial charge in [-0.15, -0.1) is 12.4 Å². The van der Waals surface area contributed by atoms with Crippen LogP contribution in [0.1, 0.15) is 31.3 Å². The first-order valence-electron chi connectivity index (χ1n) is 5.88. The minimum atomic E-state index is 0. The molecule has 0 spiro atoms. The molecule has 0 amide bonds. The van der Waals surface area contributed by atoms with E-state index in [0.29, 0.717) is 6.04 Å². The predicted molar refractivity (Wildman–Crippen MR) is 73.6 cm³/mol. The number of aromatic nitrogens is 4. The summed E-state index contributed by atoms with van der Waals surface area (Å²) in [6.07, 6.45) is 3.80. The standard InChI is InChI=1S/C12H19N5.ClH/c1-10(2)17-12(4-6-14-17)9-13-8-11-5-7-16(3)15-11;/h4-7,10,13H,8-9H2,1-3H3;1H. The van der Waals surface area contributed by atoms with Gasteiger partial charge in [0.05, 0.1) is 11.4 Å². The van der Waals surface area contributed by atoms with Crippen molar-refractivity contribution >= 4 is 12.4 Å². The summed E-state index contributed by atoms with van der Waals surface area (Å²) in [6.45, 7) is 5.86. The molecule has 0 bridgehead atoms. The monoisotopic (exact) mass is 269 g/mol. The van der Waals surface area contributed by atoms with Crippen LogP contribution in [0.4, 0.5) is 0 Å². The molecular weight excluding hydrogens is 250 g/mol. The van der Waals surface area contributed by atoms with Gasteiger partial charge in [-0.3, -0.25) is 9.36 Å². The molecule has 0 saturated carbocycles. The van der Waals surface area contributed by atoms with Crippen molar-refractivity contribution in [1.29, 1.82) is 0 Å². The van der Waals surface area contributed by atoms with E-state index in [4.69, 9.17) is 0 Å². The van der Waals surface area contributed by atoms with E-state index in [0.717, 1.165) is 18.8 Å². The zero-order chi connectivity index (χ0) is 12.3. The van der Waals surface area contributed by atoms with E-state index < -0.39 is 0 Å². The summed E-state index contributed by atoms with van der Waals surface area (Å²) in [5.41, 5.74) is 2.26. The van der Waals surface area contributed by atoms with Gasteiger partial charge in [0.15, 0.2) is 0 Å². The van der Waals surface area contributed by atoms with Gasteiger partial charge in [-0.05, 0) is 26.0 Å². The summed E-state index contributed by atoms with van der Waals surface area (Å²) in [7, 11) is 1.93. The van der Waals surface area contributed by atoms with E-state index in [1.807, 2.05) is 40.9 Å². The van der Waals surface area contributed by atoms with Gasteiger partial charge >= 0.3 is 0 Å². The third kappa shape index (κ3) is 3.58. The number of hydrogen-bond donors (Lipinski definition) is 1. The number of nitrogens with one attached hydrogen (secondary N) is 1. The van der Waals surface area contributed by atoms with Gasteiger partial charge in [0.2, 0.25) is 0 Å². The van der Waals surface area contributed by atoms with Crippen molar-refractivity contribution in [3.8, 4) is 0 Å². The number of aryl methyl sites for hydroxylation is 1. The first kappa shape index (κ1) is 14.7. The van der Waals surface area contributed by atoms with Crippen LogP contribution in [0, 0.1) is 0 Å². The Morgan fingerprint density at radius 3 is 2.67 bits per heavy atom. The van der Waals surface area contributed by atoms with Gasteiger partial charge in [0.25, 0.3) is 0 Å². The topological polar surface area (TPSA) is 47.7 Å². The van der Waals surface area contributed by atoms with Crippen molar-refractivity contribution in [1.82, 2.24) is 24.9 Å². The molecule has 100 valence electrons. The van der Waals surface area contributed by atoms with Crippen LogP contribution < -0.4 is 5.32 Å². The van der Waals surface area contributed by atoms with Gasteiger partial charge in [-0.1, -0.05) is 0 Å². The van der Waals surface area contributed by atoms with Crippen molar-refractivity contribution in [3.05, 3.63) is 35.9 Å². The summed E-state index contributed by atoms with van der Waals surface area (Å²) in [5, 5.41) is 12.0. The summed E-state index contributed by atoms with van der Waals surface area (Å²) in [4.78, 5) is 0. The van der Waals surface area contributed by atoms with E-state index in [-0.39, 0.29) is 12.4 Å². The number of hydrogen-bond acceptors (Lipinski definition) is 3.